The molecule has 0 atom stereocenters. The first-order chi connectivity index (χ1) is 9.34. The highest BCUT2D eigenvalue weighted by Crippen LogP contribution is 2.13. The molecule has 0 radical (unpaired) electrons. The third-order valence-corrected chi connectivity index (χ3v) is 3.21. The van der Waals surface area contributed by atoms with Gasteiger partial charge in [-0.2, -0.15) is 0 Å². The molecule has 1 fully saturated rings. The Bertz CT molecular complexity index is 533. The lowest BCUT2D eigenvalue weighted by Gasteiger charge is -2.35. The lowest BCUT2D eigenvalue weighted by atomic mass is 10.2. The molecule has 0 unspecified atom stereocenters. The molecule has 0 saturated carbocycles. The first-order valence-electron chi connectivity index (χ1n) is 6.17. The number of hydrogen-bond acceptors (Lipinski definition) is 5. The minimum Gasteiger partial charge on any atom is -0.472 e. The Hall–Kier alpha value is -2.37. The van der Waals surface area contributed by atoms with Gasteiger partial charge in [0.05, 0.1) is 18.0 Å². The van der Waals surface area contributed by atoms with Gasteiger partial charge in [0.1, 0.15) is 12.1 Å². The predicted molar refractivity (Wildman–Crippen MR) is 68.9 cm³/mol. The van der Waals surface area contributed by atoms with E-state index in [1.807, 2.05) is 4.90 Å². The van der Waals surface area contributed by atoms with Gasteiger partial charge < -0.3 is 14.2 Å². The van der Waals surface area contributed by atoms with Crippen LogP contribution < -0.4 is 4.90 Å². The fourth-order valence-corrected chi connectivity index (χ4v) is 2.16. The van der Waals surface area contributed by atoms with Crippen molar-refractivity contribution in [1.29, 1.82) is 0 Å². The Balaban J connectivity index is 1.62. The average Bonchev–Trinajstić information content (AvgIpc) is 3.02. The molecule has 3 heterocycles. The molecule has 6 heteroatoms. The zero-order valence-corrected chi connectivity index (χ0v) is 10.4. The standard InChI is InChI=1S/C13H14N4O2/c18-13(11-1-8-19-10-11)17-6-4-16(5-7-17)12-9-14-2-3-15-12/h1-3,8-10H,4-7H2. The zero-order valence-electron chi connectivity index (χ0n) is 10.4. The van der Waals surface area contributed by atoms with E-state index in [9.17, 15) is 4.79 Å². The fraction of sp³-hybridized carbons (Fsp3) is 0.308. The van der Waals surface area contributed by atoms with Crippen LogP contribution in [0, 0.1) is 0 Å². The number of carbonyl (C=O) groups excluding carboxylic acids is 1. The number of nitrogens with zero attached hydrogens (tertiary/aromatic N) is 4. The highest BCUT2D eigenvalue weighted by molar-refractivity contribution is 5.93. The van der Waals surface area contributed by atoms with Crippen LogP contribution in [0.4, 0.5) is 5.82 Å². The lowest BCUT2D eigenvalue weighted by Crippen LogP contribution is -2.49. The molecule has 0 bridgehead atoms. The number of anilines is 1. The van der Waals surface area contributed by atoms with Crippen LogP contribution in [-0.4, -0.2) is 47.0 Å². The second kappa shape index (κ2) is 5.09. The summed E-state index contributed by atoms with van der Waals surface area (Å²) in [5.41, 5.74) is 0.605. The van der Waals surface area contributed by atoms with E-state index in [0.29, 0.717) is 18.7 Å². The molecular formula is C13H14N4O2. The Morgan fingerprint density at radius 2 is 2.05 bits per heavy atom. The van der Waals surface area contributed by atoms with Crippen LogP contribution in [0.15, 0.2) is 41.6 Å². The van der Waals surface area contributed by atoms with E-state index in [-0.39, 0.29) is 5.91 Å². The summed E-state index contributed by atoms with van der Waals surface area (Å²) in [4.78, 5) is 24.4. The van der Waals surface area contributed by atoms with Crippen molar-refractivity contribution < 1.29 is 9.21 Å². The molecule has 6 nitrogen and oxygen atoms in total. The first kappa shape index (κ1) is 11.7. The maximum absolute atomic E-state index is 12.1. The number of rotatable bonds is 2. The van der Waals surface area contributed by atoms with Crippen molar-refractivity contribution in [3.05, 3.63) is 42.7 Å². The number of aromatic nitrogens is 2. The minimum atomic E-state index is 0.0209. The van der Waals surface area contributed by atoms with Crippen LogP contribution >= 0.6 is 0 Å². The maximum atomic E-state index is 12.1. The van der Waals surface area contributed by atoms with Crippen LogP contribution in [0.3, 0.4) is 0 Å². The maximum Gasteiger partial charge on any atom is 0.257 e. The van der Waals surface area contributed by atoms with Crippen LogP contribution in [0.25, 0.3) is 0 Å². The molecule has 0 spiro atoms. The predicted octanol–water partition coefficient (Wildman–Crippen LogP) is 1.03. The van der Waals surface area contributed by atoms with E-state index >= 15 is 0 Å². The normalized spacial score (nSPS) is 15.6. The van der Waals surface area contributed by atoms with Gasteiger partial charge in [0.15, 0.2) is 0 Å². The van der Waals surface area contributed by atoms with E-state index in [4.69, 9.17) is 4.42 Å². The van der Waals surface area contributed by atoms with Crippen molar-refractivity contribution in [2.45, 2.75) is 0 Å². The molecule has 0 aliphatic carbocycles. The van der Waals surface area contributed by atoms with Gasteiger partial charge >= 0.3 is 0 Å². The average molecular weight is 258 g/mol. The Morgan fingerprint density at radius 1 is 1.21 bits per heavy atom. The molecule has 2 aromatic rings. The van der Waals surface area contributed by atoms with E-state index in [0.717, 1.165) is 18.9 Å². The molecule has 1 aliphatic rings. The highest BCUT2D eigenvalue weighted by atomic mass is 16.3. The van der Waals surface area contributed by atoms with Gasteiger partial charge in [-0.1, -0.05) is 0 Å². The summed E-state index contributed by atoms with van der Waals surface area (Å²) >= 11 is 0. The third-order valence-electron chi connectivity index (χ3n) is 3.21. The van der Waals surface area contributed by atoms with Gasteiger partial charge in [0.2, 0.25) is 0 Å². The summed E-state index contributed by atoms with van der Waals surface area (Å²) in [7, 11) is 0. The zero-order chi connectivity index (χ0) is 13.1. The van der Waals surface area contributed by atoms with E-state index in [1.165, 1.54) is 12.5 Å². The fourth-order valence-electron chi connectivity index (χ4n) is 2.16. The van der Waals surface area contributed by atoms with Crippen molar-refractivity contribution >= 4 is 11.7 Å². The highest BCUT2D eigenvalue weighted by Gasteiger charge is 2.23. The molecule has 3 rings (SSSR count). The van der Waals surface area contributed by atoms with Crippen molar-refractivity contribution in [2.75, 3.05) is 31.1 Å². The Morgan fingerprint density at radius 3 is 2.68 bits per heavy atom. The molecule has 1 amide bonds. The van der Waals surface area contributed by atoms with Gasteiger partial charge in [-0.25, -0.2) is 4.98 Å². The summed E-state index contributed by atoms with van der Waals surface area (Å²) < 4.78 is 4.94. The SMILES string of the molecule is O=C(c1ccoc1)N1CCN(c2cnccn2)CC1. The number of amides is 1. The molecule has 98 valence electrons. The van der Waals surface area contributed by atoms with Crippen LogP contribution in [0.2, 0.25) is 0 Å². The second-order valence-corrected chi connectivity index (χ2v) is 4.35. The van der Waals surface area contributed by atoms with Crippen molar-refractivity contribution in [2.24, 2.45) is 0 Å². The second-order valence-electron chi connectivity index (χ2n) is 4.35. The van der Waals surface area contributed by atoms with Gasteiger partial charge in [-0.3, -0.25) is 9.78 Å². The summed E-state index contributed by atoms with van der Waals surface area (Å²) in [6, 6.07) is 1.69. The van der Waals surface area contributed by atoms with E-state index < -0.39 is 0 Å². The summed E-state index contributed by atoms with van der Waals surface area (Å²) in [6.45, 7) is 2.89. The van der Waals surface area contributed by atoms with E-state index in [1.54, 1.807) is 24.7 Å². The van der Waals surface area contributed by atoms with E-state index in [2.05, 4.69) is 14.9 Å². The molecule has 19 heavy (non-hydrogen) atoms. The molecular weight excluding hydrogens is 244 g/mol. The van der Waals surface area contributed by atoms with Gasteiger partial charge in [-0.15, -0.1) is 0 Å². The first-order valence-corrected chi connectivity index (χ1v) is 6.17. The molecule has 0 aromatic carbocycles. The van der Waals surface area contributed by atoms with Gasteiger partial charge in [0, 0.05) is 38.6 Å². The monoisotopic (exact) mass is 258 g/mol. The lowest BCUT2D eigenvalue weighted by molar-refractivity contribution is 0.0746. The molecule has 1 aliphatic heterocycles. The third kappa shape index (κ3) is 2.42. The van der Waals surface area contributed by atoms with Gasteiger partial charge in [0.25, 0.3) is 5.91 Å². The number of piperazine rings is 1. The smallest absolute Gasteiger partial charge is 0.257 e. The summed E-state index contributed by atoms with van der Waals surface area (Å²) in [5.74, 6) is 0.880. The van der Waals surface area contributed by atoms with Crippen molar-refractivity contribution in [3.8, 4) is 0 Å². The largest absolute Gasteiger partial charge is 0.472 e. The minimum absolute atomic E-state index is 0.0209. The van der Waals surface area contributed by atoms with Crippen LogP contribution in [-0.2, 0) is 0 Å². The molecule has 0 N–H and O–H groups in total. The van der Waals surface area contributed by atoms with Gasteiger partial charge in [-0.05, 0) is 6.07 Å². The Labute approximate surface area is 110 Å². The topological polar surface area (TPSA) is 62.5 Å². The summed E-state index contributed by atoms with van der Waals surface area (Å²) in [6.07, 6.45) is 8.08. The molecule has 1 saturated heterocycles. The Kier molecular flexibility index (Phi) is 3.14. The quantitative estimate of drug-likeness (QED) is 0.805. The number of carbonyl (C=O) groups is 1. The van der Waals surface area contributed by atoms with Crippen molar-refractivity contribution in [1.82, 2.24) is 14.9 Å². The summed E-state index contributed by atoms with van der Waals surface area (Å²) in [5, 5.41) is 0. The molecule has 2 aromatic heterocycles. The van der Waals surface area contributed by atoms with Crippen LogP contribution in [0.5, 0.6) is 0 Å². The number of furan rings is 1. The van der Waals surface area contributed by atoms with Crippen LogP contribution in [0.1, 0.15) is 10.4 Å². The van der Waals surface area contributed by atoms with Crippen molar-refractivity contribution in [3.63, 3.8) is 0 Å². The number of hydrogen-bond donors (Lipinski definition) is 0.